The van der Waals surface area contributed by atoms with E-state index in [0.29, 0.717) is 5.82 Å². The number of fused-ring (bicyclic) bond motifs is 1. The maximum absolute atomic E-state index is 5.75. The highest BCUT2D eigenvalue weighted by Crippen LogP contribution is 2.16. The average Bonchev–Trinajstić information content (AvgIpc) is 2.04. The minimum absolute atomic E-state index is 0.629. The molecule has 2 rings (SSSR count). The highest BCUT2D eigenvalue weighted by Gasteiger charge is 2.13. The maximum Gasteiger partial charge on any atom is 0.131 e. The monoisotopic (exact) mass is 164 g/mol. The molecule has 0 aliphatic carbocycles. The highest BCUT2D eigenvalue weighted by molar-refractivity contribution is 5.43. The third-order valence-electron chi connectivity index (χ3n) is 2.08. The van der Waals surface area contributed by atoms with Crippen LogP contribution in [0.4, 0.5) is 5.82 Å². The van der Waals surface area contributed by atoms with Gasteiger partial charge >= 0.3 is 0 Å². The molecule has 0 atom stereocenters. The number of nitrogen functional groups attached to an aromatic ring is 1. The molecule has 0 bridgehead atoms. The van der Waals surface area contributed by atoms with E-state index in [2.05, 4.69) is 15.3 Å². The zero-order valence-electron chi connectivity index (χ0n) is 7.09. The second-order valence-corrected chi connectivity index (χ2v) is 3.01. The van der Waals surface area contributed by atoms with Gasteiger partial charge in [0, 0.05) is 25.1 Å². The van der Waals surface area contributed by atoms with Gasteiger partial charge in [-0.2, -0.15) is 0 Å². The lowest BCUT2D eigenvalue weighted by Gasteiger charge is -2.17. The van der Waals surface area contributed by atoms with E-state index in [9.17, 15) is 0 Å². The Hall–Kier alpha value is -1.16. The van der Waals surface area contributed by atoms with Gasteiger partial charge in [0.1, 0.15) is 11.6 Å². The SMILES string of the molecule is Cc1nc(N)c2c(n1)CCNC2. The van der Waals surface area contributed by atoms with Crippen molar-refractivity contribution in [3.8, 4) is 0 Å². The lowest BCUT2D eigenvalue weighted by atomic mass is 10.1. The zero-order valence-corrected chi connectivity index (χ0v) is 7.09. The lowest BCUT2D eigenvalue weighted by Crippen LogP contribution is -2.26. The molecule has 2 heterocycles. The van der Waals surface area contributed by atoms with Crippen LogP contribution < -0.4 is 11.1 Å². The molecule has 0 radical (unpaired) electrons. The first-order chi connectivity index (χ1) is 5.77. The predicted octanol–water partition coefficient (Wildman–Crippen LogP) is 0.0129. The summed E-state index contributed by atoms with van der Waals surface area (Å²) in [6, 6.07) is 0. The van der Waals surface area contributed by atoms with Crippen molar-refractivity contribution < 1.29 is 0 Å². The second kappa shape index (κ2) is 2.71. The Morgan fingerprint density at radius 2 is 2.25 bits per heavy atom. The Labute approximate surface area is 71.2 Å². The molecule has 0 amide bonds. The standard InChI is InChI=1S/C8H12N4/c1-5-11-7-2-3-10-4-6(7)8(9)12-5/h10H,2-4H2,1H3,(H2,9,11,12). The van der Waals surface area contributed by atoms with Crippen LogP contribution in [-0.2, 0) is 13.0 Å². The summed E-state index contributed by atoms with van der Waals surface area (Å²) in [4.78, 5) is 8.46. The number of hydrogen-bond donors (Lipinski definition) is 2. The fourth-order valence-corrected chi connectivity index (χ4v) is 1.50. The molecule has 1 aromatic rings. The smallest absolute Gasteiger partial charge is 0.131 e. The fraction of sp³-hybridized carbons (Fsp3) is 0.500. The summed E-state index contributed by atoms with van der Waals surface area (Å²) in [7, 11) is 0. The van der Waals surface area contributed by atoms with Crippen molar-refractivity contribution in [2.75, 3.05) is 12.3 Å². The summed E-state index contributed by atoms with van der Waals surface area (Å²) in [5.41, 5.74) is 7.94. The van der Waals surface area contributed by atoms with Crippen LogP contribution in [0.5, 0.6) is 0 Å². The molecule has 0 unspecified atom stereocenters. The molecular formula is C8H12N4. The van der Waals surface area contributed by atoms with Crippen molar-refractivity contribution in [1.82, 2.24) is 15.3 Å². The van der Waals surface area contributed by atoms with Gasteiger partial charge < -0.3 is 11.1 Å². The summed E-state index contributed by atoms with van der Waals surface area (Å²) in [6.07, 6.45) is 0.961. The van der Waals surface area contributed by atoms with Gasteiger partial charge in [0.2, 0.25) is 0 Å². The first-order valence-corrected chi connectivity index (χ1v) is 4.10. The first-order valence-electron chi connectivity index (χ1n) is 4.10. The predicted molar refractivity (Wildman–Crippen MR) is 46.6 cm³/mol. The van der Waals surface area contributed by atoms with Gasteiger partial charge in [0.25, 0.3) is 0 Å². The van der Waals surface area contributed by atoms with E-state index < -0.39 is 0 Å². The molecular weight excluding hydrogens is 152 g/mol. The van der Waals surface area contributed by atoms with E-state index >= 15 is 0 Å². The quantitative estimate of drug-likeness (QED) is 0.567. The van der Waals surface area contributed by atoms with Crippen LogP contribution in [0.1, 0.15) is 17.1 Å². The van der Waals surface area contributed by atoms with Crippen LogP contribution >= 0.6 is 0 Å². The van der Waals surface area contributed by atoms with E-state index in [0.717, 1.165) is 36.6 Å². The molecule has 0 saturated carbocycles. The van der Waals surface area contributed by atoms with Crippen LogP contribution in [0.25, 0.3) is 0 Å². The maximum atomic E-state index is 5.75. The molecule has 4 nitrogen and oxygen atoms in total. The summed E-state index contributed by atoms with van der Waals surface area (Å²) in [5, 5.41) is 3.24. The Bertz CT molecular complexity index is 308. The number of hydrogen-bond acceptors (Lipinski definition) is 4. The molecule has 0 fully saturated rings. The Kier molecular flexibility index (Phi) is 1.69. The normalized spacial score (nSPS) is 15.8. The van der Waals surface area contributed by atoms with Gasteiger partial charge in [0.05, 0.1) is 5.69 Å². The molecule has 3 N–H and O–H groups in total. The van der Waals surface area contributed by atoms with Crippen molar-refractivity contribution in [1.29, 1.82) is 0 Å². The summed E-state index contributed by atoms with van der Waals surface area (Å²) >= 11 is 0. The molecule has 1 aliphatic heterocycles. The van der Waals surface area contributed by atoms with E-state index in [1.165, 1.54) is 0 Å². The number of aromatic nitrogens is 2. The topological polar surface area (TPSA) is 63.8 Å². The summed E-state index contributed by atoms with van der Waals surface area (Å²) < 4.78 is 0. The van der Waals surface area contributed by atoms with Crippen molar-refractivity contribution in [3.05, 3.63) is 17.1 Å². The molecule has 1 aromatic heterocycles. The average molecular weight is 164 g/mol. The van der Waals surface area contributed by atoms with Crippen molar-refractivity contribution in [2.45, 2.75) is 19.9 Å². The Morgan fingerprint density at radius 3 is 3.08 bits per heavy atom. The van der Waals surface area contributed by atoms with Gasteiger partial charge in [-0.3, -0.25) is 0 Å². The minimum Gasteiger partial charge on any atom is -0.383 e. The minimum atomic E-state index is 0.629. The van der Waals surface area contributed by atoms with Crippen molar-refractivity contribution in [3.63, 3.8) is 0 Å². The molecule has 4 heteroatoms. The summed E-state index contributed by atoms with van der Waals surface area (Å²) in [6.45, 7) is 3.67. The fourth-order valence-electron chi connectivity index (χ4n) is 1.50. The number of rotatable bonds is 0. The molecule has 0 spiro atoms. The third kappa shape index (κ3) is 1.14. The van der Waals surface area contributed by atoms with Gasteiger partial charge in [0.15, 0.2) is 0 Å². The third-order valence-corrected chi connectivity index (χ3v) is 2.08. The van der Waals surface area contributed by atoms with E-state index in [-0.39, 0.29) is 0 Å². The number of anilines is 1. The lowest BCUT2D eigenvalue weighted by molar-refractivity contribution is 0.625. The van der Waals surface area contributed by atoms with Crippen molar-refractivity contribution in [2.24, 2.45) is 0 Å². The molecule has 0 aromatic carbocycles. The van der Waals surface area contributed by atoms with Crippen LogP contribution in [-0.4, -0.2) is 16.5 Å². The summed E-state index contributed by atoms with van der Waals surface area (Å²) in [5.74, 6) is 1.40. The Morgan fingerprint density at radius 1 is 1.42 bits per heavy atom. The van der Waals surface area contributed by atoms with Gasteiger partial charge in [-0.05, 0) is 6.92 Å². The van der Waals surface area contributed by atoms with Crippen molar-refractivity contribution >= 4 is 5.82 Å². The van der Waals surface area contributed by atoms with Crippen LogP contribution in [0.15, 0.2) is 0 Å². The second-order valence-electron chi connectivity index (χ2n) is 3.01. The van der Waals surface area contributed by atoms with Gasteiger partial charge in [-0.1, -0.05) is 0 Å². The van der Waals surface area contributed by atoms with E-state index in [1.807, 2.05) is 6.92 Å². The zero-order chi connectivity index (χ0) is 8.55. The van der Waals surface area contributed by atoms with E-state index in [1.54, 1.807) is 0 Å². The van der Waals surface area contributed by atoms with Gasteiger partial charge in [-0.15, -0.1) is 0 Å². The van der Waals surface area contributed by atoms with Crippen LogP contribution in [0.3, 0.4) is 0 Å². The van der Waals surface area contributed by atoms with Gasteiger partial charge in [-0.25, -0.2) is 9.97 Å². The first kappa shape index (κ1) is 7.49. The molecule has 64 valence electrons. The van der Waals surface area contributed by atoms with Crippen LogP contribution in [0.2, 0.25) is 0 Å². The molecule has 0 saturated heterocycles. The molecule has 1 aliphatic rings. The molecule has 12 heavy (non-hydrogen) atoms. The number of aryl methyl sites for hydroxylation is 1. The highest BCUT2D eigenvalue weighted by atomic mass is 15.0. The van der Waals surface area contributed by atoms with E-state index in [4.69, 9.17) is 5.73 Å². The largest absolute Gasteiger partial charge is 0.383 e. The van der Waals surface area contributed by atoms with Crippen LogP contribution in [0, 0.1) is 6.92 Å². The number of nitrogens with two attached hydrogens (primary N) is 1. The number of nitrogens with one attached hydrogen (secondary N) is 1. The Balaban J connectivity index is 2.53. The number of nitrogens with zero attached hydrogens (tertiary/aromatic N) is 2.